The van der Waals surface area contributed by atoms with Crippen LogP contribution in [-0.4, -0.2) is 14.4 Å². The highest BCUT2D eigenvalue weighted by atomic mass is 16.6. The number of hydrogen-bond acceptors (Lipinski definition) is 4. The van der Waals surface area contributed by atoms with Gasteiger partial charge in [-0.25, -0.2) is 4.57 Å². The topological polar surface area (TPSA) is 91.2 Å². The molecule has 0 fully saturated rings. The van der Waals surface area contributed by atoms with Gasteiger partial charge in [-0.3, -0.25) is 10.1 Å². The first-order valence-electron chi connectivity index (χ1n) is 5.05. The Bertz CT molecular complexity index is 399. The maximum Gasteiger partial charge on any atom is 0.330 e. The highest BCUT2D eigenvalue weighted by molar-refractivity contribution is 5.39. The molecule has 0 atom stereocenters. The molecular weight excluding hydrogens is 214 g/mol. The molecule has 0 amide bonds. The van der Waals surface area contributed by atoms with E-state index in [4.69, 9.17) is 0 Å². The van der Waals surface area contributed by atoms with Crippen LogP contribution in [0.25, 0.3) is 0 Å². The lowest BCUT2D eigenvalue weighted by molar-refractivity contribution is -0.394. The summed E-state index contributed by atoms with van der Waals surface area (Å²) >= 11 is 0. The van der Waals surface area contributed by atoms with Crippen molar-refractivity contribution in [2.75, 3.05) is 0 Å². The zero-order valence-electron chi connectivity index (χ0n) is 8.96. The first kappa shape index (κ1) is 12.2. The number of nitro groups is 2. The fourth-order valence-corrected chi connectivity index (χ4v) is 1.45. The Kier molecular flexibility index (Phi) is 3.98. The van der Waals surface area contributed by atoms with Crippen LogP contribution in [0.1, 0.15) is 26.2 Å². The Morgan fingerprint density at radius 3 is 2.44 bits per heavy atom. The van der Waals surface area contributed by atoms with Gasteiger partial charge in [-0.2, -0.15) is 0 Å². The molecule has 0 radical (unpaired) electrons. The van der Waals surface area contributed by atoms with Crippen LogP contribution in [0.2, 0.25) is 0 Å². The number of unbranched alkanes of at least 4 members (excludes halogenated alkanes) is 2. The quantitative estimate of drug-likeness (QED) is 0.424. The SMILES string of the molecule is CCCCCn1cc([N+](=O)[O-])cc1[N+](=O)[O-]. The maximum atomic E-state index is 10.7. The van der Waals surface area contributed by atoms with Crippen LogP contribution >= 0.6 is 0 Å². The van der Waals surface area contributed by atoms with Crippen molar-refractivity contribution in [2.24, 2.45) is 0 Å². The normalized spacial score (nSPS) is 10.3. The molecule has 0 aromatic carbocycles. The largest absolute Gasteiger partial charge is 0.358 e. The third-order valence-electron chi connectivity index (χ3n) is 2.26. The van der Waals surface area contributed by atoms with Crippen molar-refractivity contribution in [3.05, 3.63) is 32.5 Å². The third kappa shape index (κ3) is 2.78. The number of aromatic nitrogens is 1. The van der Waals surface area contributed by atoms with Crippen LogP contribution in [0.5, 0.6) is 0 Å². The van der Waals surface area contributed by atoms with E-state index in [-0.39, 0.29) is 11.5 Å². The van der Waals surface area contributed by atoms with Gasteiger partial charge in [0.05, 0.1) is 11.5 Å². The zero-order valence-corrected chi connectivity index (χ0v) is 8.96. The van der Waals surface area contributed by atoms with Crippen molar-refractivity contribution >= 4 is 11.5 Å². The van der Waals surface area contributed by atoms with Crippen LogP contribution in [0.4, 0.5) is 11.5 Å². The average Bonchev–Trinajstić information content (AvgIpc) is 2.62. The van der Waals surface area contributed by atoms with Crippen molar-refractivity contribution < 1.29 is 9.85 Å². The summed E-state index contributed by atoms with van der Waals surface area (Å²) in [7, 11) is 0. The summed E-state index contributed by atoms with van der Waals surface area (Å²) in [6.45, 7) is 2.46. The van der Waals surface area contributed by atoms with Crippen LogP contribution in [-0.2, 0) is 6.54 Å². The molecule has 7 nitrogen and oxygen atoms in total. The van der Waals surface area contributed by atoms with Gasteiger partial charge < -0.3 is 10.1 Å². The van der Waals surface area contributed by atoms with E-state index in [2.05, 4.69) is 0 Å². The van der Waals surface area contributed by atoms with Crippen molar-refractivity contribution in [3.8, 4) is 0 Å². The second-order valence-electron chi connectivity index (χ2n) is 3.47. The number of nitrogens with zero attached hydrogens (tertiary/aromatic N) is 3. The molecular formula is C9H13N3O4. The summed E-state index contributed by atoms with van der Waals surface area (Å²) in [5.41, 5.74) is -0.233. The molecule has 88 valence electrons. The lowest BCUT2D eigenvalue weighted by atomic mass is 10.2. The minimum absolute atomic E-state index is 0.220. The van der Waals surface area contributed by atoms with E-state index in [0.717, 1.165) is 25.3 Å². The standard InChI is InChI=1S/C9H13N3O4/c1-2-3-4-5-10-7-8(11(13)14)6-9(10)12(15)16/h6-7H,2-5H2,1H3. The molecule has 1 aromatic heterocycles. The Morgan fingerprint density at radius 2 is 1.94 bits per heavy atom. The van der Waals surface area contributed by atoms with Gasteiger partial charge in [-0.05, 0) is 17.8 Å². The first-order valence-corrected chi connectivity index (χ1v) is 5.05. The predicted molar refractivity (Wildman–Crippen MR) is 57.3 cm³/mol. The summed E-state index contributed by atoms with van der Waals surface area (Å²) in [4.78, 5) is 19.9. The van der Waals surface area contributed by atoms with Crippen LogP contribution in [0, 0.1) is 20.2 Å². The molecule has 0 saturated heterocycles. The van der Waals surface area contributed by atoms with Crippen LogP contribution in [0.15, 0.2) is 12.3 Å². The van der Waals surface area contributed by atoms with E-state index in [1.807, 2.05) is 6.92 Å². The molecule has 0 spiro atoms. The molecule has 0 bridgehead atoms. The first-order chi connectivity index (χ1) is 7.56. The van der Waals surface area contributed by atoms with Gasteiger partial charge >= 0.3 is 11.5 Å². The molecule has 1 heterocycles. The van der Waals surface area contributed by atoms with Crippen LogP contribution in [0.3, 0.4) is 0 Å². The fraction of sp³-hybridized carbons (Fsp3) is 0.556. The average molecular weight is 227 g/mol. The summed E-state index contributed by atoms with van der Waals surface area (Å²) in [5, 5.41) is 21.1. The van der Waals surface area contributed by atoms with Crippen molar-refractivity contribution in [1.29, 1.82) is 0 Å². The highest BCUT2D eigenvalue weighted by Crippen LogP contribution is 2.23. The van der Waals surface area contributed by atoms with Crippen molar-refractivity contribution in [1.82, 2.24) is 4.57 Å². The minimum Gasteiger partial charge on any atom is -0.358 e. The van der Waals surface area contributed by atoms with Gasteiger partial charge in [0.15, 0.2) is 6.20 Å². The summed E-state index contributed by atoms with van der Waals surface area (Å²) in [5.74, 6) is -0.220. The molecule has 16 heavy (non-hydrogen) atoms. The molecule has 0 aliphatic heterocycles. The molecule has 0 N–H and O–H groups in total. The fourth-order valence-electron chi connectivity index (χ4n) is 1.45. The molecule has 0 unspecified atom stereocenters. The molecule has 1 aromatic rings. The smallest absolute Gasteiger partial charge is 0.330 e. The Labute approximate surface area is 92.0 Å². The highest BCUT2D eigenvalue weighted by Gasteiger charge is 2.21. The second kappa shape index (κ2) is 5.24. The van der Waals surface area contributed by atoms with Gasteiger partial charge in [-0.15, -0.1) is 0 Å². The van der Waals surface area contributed by atoms with Gasteiger partial charge in [-0.1, -0.05) is 13.3 Å². The second-order valence-corrected chi connectivity index (χ2v) is 3.47. The summed E-state index contributed by atoms with van der Waals surface area (Å²) in [6, 6.07) is 0.992. The molecule has 0 aliphatic carbocycles. The summed E-state index contributed by atoms with van der Waals surface area (Å²) < 4.78 is 1.33. The van der Waals surface area contributed by atoms with E-state index < -0.39 is 9.85 Å². The lowest BCUT2D eigenvalue weighted by Crippen LogP contribution is -2.01. The minimum atomic E-state index is -0.622. The summed E-state index contributed by atoms with van der Waals surface area (Å²) in [6.07, 6.45) is 3.94. The molecule has 0 aliphatic rings. The van der Waals surface area contributed by atoms with E-state index in [1.165, 1.54) is 10.8 Å². The van der Waals surface area contributed by atoms with Gasteiger partial charge in [0, 0.05) is 0 Å². The molecule has 1 rings (SSSR count). The Morgan fingerprint density at radius 1 is 1.25 bits per heavy atom. The maximum absolute atomic E-state index is 10.7. The Hall–Kier alpha value is -1.92. The van der Waals surface area contributed by atoms with E-state index in [1.54, 1.807) is 0 Å². The zero-order chi connectivity index (χ0) is 12.1. The third-order valence-corrected chi connectivity index (χ3v) is 2.26. The molecule has 7 heteroatoms. The number of hydrogen-bond donors (Lipinski definition) is 0. The van der Waals surface area contributed by atoms with Crippen molar-refractivity contribution in [3.63, 3.8) is 0 Å². The Balaban J connectivity index is 2.87. The predicted octanol–water partition coefficient (Wildman–Crippen LogP) is 2.49. The van der Waals surface area contributed by atoms with E-state index in [9.17, 15) is 20.2 Å². The van der Waals surface area contributed by atoms with E-state index >= 15 is 0 Å². The monoisotopic (exact) mass is 227 g/mol. The van der Waals surface area contributed by atoms with E-state index in [0.29, 0.717) is 6.54 Å². The van der Waals surface area contributed by atoms with Gasteiger partial charge in [0.2, 0.25) is 0 Å². The number of aryl methyl sites for hydroxylation is 1. The van der Waals surface area contributed by atoms with Crippen LogP contribution < -0.4 is 0 Å². The van der Waals surface area contributed by atoms with Gasteiger partial charge in [0.25, 0.3) is 0 Å². The lowest BCUT2D eigenvalue weighted by Gasteiger charge is -1.99. The van der Waals surface area contributed by atoms with Gasteiger partial charge in [0.1, 0.15) is 6.07 Å². The number of rotatable bonds is 6. The van der Waals surface area contributed by atoms with Crippen molar-refractivity contribution in [2.45, 2.75) is 32.7 Å². The molecule has 0 saturated carbocycles.